The molecule has 1 aliphatic carbocycles. The quantitative estimate of drug-likeness (QED) is 0.679. The molecule has 3 rings (SSSR count). The SMILES string of the molecule is O=[N+]([O-])c1ccc(Cl)cc1-n1ccc(CNC2CC2)n1. The third-order valence-electron chi connectivity index (χ3n) is 3.17. The summed E-state index contributed by atoms with van der Waals surface area (Å²) in [6.07, 6.45) is 4.13. The van der Waals surface area contributed by atoms with E-state index in [1.807, 2.05) is 6.07 Å². The van der Waals surface area contributed by atoms with Gasteiger partial charge in [-0.1, -0.05) is 11.6 Å². The molecule has 0 amide bonds. The molecule has 7 heteroatoms. The molecule has 0 aliphatic heterocycles. The molecule has 1 aromatic carbocycles. The molecule has 0 saturated heterocycles. The van der Waals surface area contributed by atoms with E-state index >= 15 is 0 Å². The van der Waals surface area contributed by atoms with E-state index in [0.29, 0.717) is 23.3 Å². The zero-order chi connectivity index (χ0) is 14.1. The van der Waals surface area contributed by atoms with Crippen molar-refractivity contribution in [3.8, 4) is 5.69 Å². The lowest BCUT2D eigenvalue weighted by molar-refractivity contribution is -0.384. The van der Waals surface area contributed by atoms with Gasteiger partial charge in [-0.05, 0) is 31.0 Å². The number of rotatable bonds is 5. The fraction of sp³-hybridized carbons (Fsp3) is 0.308. The van der Waals surface area contributed by atoms with Crippen LogP contribution in [0.5, 0.6) is 0 Å². The first-order chi connectivity index (χ1) is 9.63. The van der Waals surface area contributed by atoms with Crippen LogP contribution in [0.4, 0.5) is 5.69 Å². The van der Waals surface area contributed by atoms with Gasteiger partial charge in [-0.25, -0.2) is 4.68 Å². The van der Waals surface area contributed by atoms with Crippen LogP contribution in [-0.2, 0) is 6.54 Å². The summed E-state index contributed by atoms with van der Waals surface area (Å²) in [7, 11) is 0. The van der Waals surface area contributed by atoms with Gasteiger partial charge in [0.2, 0.25) is 0 Å². The molecule has 0 atom stereocenters. The summed E-state index contributed by atoms with van der Waals surface area (Å²) in [5.74, 6) is 0. The Hall–Kier alpha value is -1.92. The minimum atomic E-state index is -0.435. The standard InChI is InChI=1S/C13H13ClN4O2/c14-9-1-4-12(18(19)20)13(7-9)17-6-5-11(16-17)8-15-10-2-3-10/h1,4-7,10,15H,2-3,8H2. The van der Waals surface area contributed by atoms with Crippen LogP contribution in [-0.4, -0.2) is 20.7 Å². The van der Waals surface area contributed by atoms with Gasteiger partial charge in [0, 0.05) is 29.9 Å². The van der Waals surface area contributed by atoms with E-state index in [2.05, 4.69) is 10.4 Å². The number of nitro benzene ring substituents is 1. The molecule has 6 nitrogen and oxygen atoms in total. The predicted octanol–water partition coefficient (Wildman–Crippen LogP) is 2.69. The van der Waals surface area contributed by atoms with E-state index in [0.717, 1.165) is 5.69 Å². The first-order valence-corrected chi connectivity index (χ1v) is 6.73. The number of nitrogens with one attached hydrogen (secondary N) is 1. The Bertz CT molecular complexity index is 652. The molecular formula is C13H13ClN4O2. The fourth-order valence-electron chi connectivity index (χ4n) is 1.96. The van der Waals surface area contributed by atoms with Gasteiger partial charge in [-0.3, -0.25) is 10.1 Å². The largest absolute Gasteiger partial charge is 0.308 e. The third-order valence-corrected chi connectivity index (χ3v) is 3.41. The predicted molar refractivity (Wildman–Crippen MR) is 75.1 cm³/mol. The van der Waals surface area contributed by atoms with E-state index in [-0.39, 0.29) is 5.69 Å². The smallest absolute Gasteiger partial charge is 0.294 e. The van der Waals surface area contributed by atoms with Crippen molar-refractivity contribution in [3.63, 3.8) is 0 Å². The van der Waals surface area contributed by atoms with Crippen LogP contribution in [0.15, 0.2) is 30.5 Å². The van der Waals surface area contributed by atoms with Crippen molar-refractivity contribution in [2.24, 2.45) is 0 Å². The molecule has 0 radical (unpaired) electrons. The summed E-state index contributed by atoms with van der Waals surface area (Å²) in [6.45, 7) is 0.673. The topological polar surface area (TPSA) is 73.0 Å². The second kappa shape index (κ2) is 5.22. The Morgan fingerprint density at radius 3 is 2.95 bits per heavy atom. The molecule has 0 spiro atoms. The summed E-state index contributed by atoms with van der Waals surface area (Å²) in [5, 5.41) is 19.2. The highest BCUT2D eigenvalue weighted by atomic mass is 35.5. The Morgan fingerprint density at radius 1 is 1.45 bits per heavy atom. The van der Waals surface area contributed by atoms with Gasteiger partial charge in [0.1, 0.15) is 5.69 Å². The van der Waals surface area contributed by atoms with Crippen LogP contribution >= 0.6 is 11.6 Å². The number of nitrogens with zero attached hydrogens (tertiary/aromatic N) is 3. The third kappa shape index (κ3) is 2.81. The second-order valence-corrected chi connectivity index (χ2v) is 5.23. The molecule has 0 unspecified atom stereocenters. The van der Waals surface area contributed by atoms with Crippen molar-refractivity contribution in [1.82, 2.24) is 15.1 Å². The molecule has 104 valence electrons. The van der Waals surface area contributed by atoms with Crippen LogP contribution in [0.25, 0.3) is 5.69 Å². The van der Waals surface area contributed by atoms with Gasteiger partial charge in [0.15, 0.2) is 0 Å². The van der Waals surface area contributed by atoms with E-state index in [9.17, 15) is 10.1 Å². The molecule has 1 saturated carbocycles. The summed E-state index contributed by atoms with van der Waals surface area (Å²) in [4.78, 5) is 10.6. The van der Waals surface area contributed by atoms with Crippen molar-refractivity contribution in [1.29, 1.82) is 0 Å². The average molecular weight is 293 g/mol. The van der Waals surface area contributed by atoms with Crippen molar-refractivity contribution < 1.29 is 4.92 Å². The van der Waals surface area contributed by atoms with E-state index in [4.69, 9.17) is 11.6 Å². The second-order valence-electron chi connectivity index (χ2n) is 4.80. The summed E-state index contributed by atoms with van der Waals surface area (Å²) >= 11 is 5.91. The molecule has 1 fully saturated rings. The van der Waals surface area contributed by atoms with Crippen molar-refractivity contribution in [3.05, 3.63) is 51.3 Å². The number of hydrogen-bond donors (Lipinski definition) is 1. The van der Waals surface area contributed by atoms with Crippen molar-refractivity contribution >= 4 is 17.3 Å². The summed E-state index contributed by atoms with van der Waals surface area (Å²) < 4.78 is 1.49. The fourth-order valence-corrected chi connectivity index (χ4v) is 2.13. The highest BCUT2D eigenvalue weighted by Gasteiger charge is 2.21. The number of nitro groups is 1. The van der Waals surface area contributed by atoms with Gasteiger partial charge in [0.25, 0.3) is 5.69 Å². The summed E-state index contributed by atoms with van der Waals surface area (Å²) in [6, 6.07) is 6.88. The number of aromatic nitrogens is 2. The normalized spacial score (nSPS) is 14.4. The van der Waals surface area contributed by atoms with Gasteiger partial charge < -0.3 is 5.32 Å². The van der Waals surface area contributed by atoms with Crippen LogP contribution in [0.3, 0.4) is 0 Å². The van der Waals surface area contributed by atoms with Crippen molar-refractivity contribution in [2.45, 2.75) is 25.4 Å². The van der Waals surface area contributed by atoms with Crippen LogP contribution in [0.1, 0.15) is 18.5 Å². The lowest BCUT2D eigenvalue weighted by Crippen LogP contribution is -2.15. The average Bonchev–Trinajstić information content (AvgIpc) is 3.13. The summed E-state index contributed by atoms with van der Waals surface area (Å²) in [5.41, 5.74) is 1.21. The highest BCUT2D eigenvalue weighted by molar-refractivity contribution is 6.30. The van der Waals surface area contributed by atoms with Gasteiger partial charge in [-0.2, -0.15) is 5.10 Å². The van der Waals surface area contributed by atoms with Crippen LogP contribution in [0, 0.1) is 10.1 Å². The Morgan fingerprint density at radius 2 is 2.25 bits per heavy atom. The molecule has 2 aromatic rings. The van der Waals surface area contributed by atoms with Gasteiger partial charge in [0.05, 0.1) is 10.6 Å². The molecule has 1 aromatic heterocycles. The zero-order valence-corrected chi connectivity index (χ0v) is 11.4. The zero-order valence-electron chi connectivity index (χ0n) is 10.6. The maximum absolute atomic E-state index is 11.0. The molecule has 20 heavy (non-hydrogen) atoms. The first kappa shape index (κ1) is 13.1. The minimum absolute atomic E-state index is 0.0146. The molecule has 0 bridgehead atoms. The van der Waals surface area contributed by atoms with Crippen LogP contribution in [0.2, 0.25) is 5.02 Å². The Kier molecular flexibility index (Phi) is 3.42. The van der Waals surface area contributed by atoms with Gasteiger partial charge >= 0.3 is 0 Å². The highest BCUT2D eigenvalue weighted by Crippen LogP contribution is 2.26. The number of hydrogen-bond acceptors (Lipinski definition) is 4. The Balaban J connectivity index is 1.87. The van der Waals surface area contributed by atoms with Crippen LogP contribution < -0.4 is 5.32 Å². The van der Waals surface area contributed by atoms with Crippen molar-refractivity contribution in [2.75, 3.05) is 0 Å². The minimum Gasteiger partial charge on any atom is -0.308 e. The molecular weight excluding hydrogens is 280 g/mol. The molecule has 1 heterocycles. The lowest BCUT2D eigenvalue weighted by Gasteiger charge is -2.04. The Labute approximate surface area is 120 Å². The van der Waals surface area contributed by atoms with Gasteiger partial charge in [-0.15, -0.1) is 0 Å². The van der Waals surface area contributed by atoms with E-state index < -0.39 is 4.92 Å². The van der Waals surface area contributed by atoms with E-state index in [1.165, 1.54) is 29.7 Å². The maximum Gasteiger partial charge on any atom is 0.294 e. The maximum atomic E-state index is 11.0. The number of benzene rings is 1. The monoisotopic (exact) mass is 292 g/mol. The van der Waals surface area contributed by atoms with E-state index in [1.54, 1.807) is 12.3 Å². The first-order valence-electron chi connectivity index (χ1n) is 6.36. The molecule has 1 N–H and O–H groups in total. The number of halogens is 1. The molecule has 1 aliphatic rings. The lowest BCUT2D eigenvalue weighted by atomic mass is 10.3.